The van der Waals surface area contributed by atoms with Crippen molar-refractivity contribution in [3.05, 3.63) is 46.2 Å². The quantitative estimate of drug-likeness (QED) is 0.947. The van der Waals surface area contributed by atoms with Gasteiger partial charge in [-0.3, -0.25) is 4.31 Å². The van der Waals surface area contributed by atoms with Gasteiger partial charge in [0.2, 0.25) is 0 Å². The van der Waals surface area contributed by atoms with Crippen LogP contribution in [0.1, 0.15) is 17.4 Å². The van der Waals surface area contributed by atoms with Crippen molar-refractivity contribution in [3.8, 4) is 0 Å². The number of nitrogens with zero attached hydrogens (tertiary/aromatic N) is 1. The van der Waals surface area contributed by atoms with Crippen LogP contribution in [0.15, 0.2) is 40.6 Å². The van der Waals surface area contributed by atoms with E-state index < -0.39 is 10.0 Å². The van der Waals surface area contributed by atoms with Crippen molar-refractivity contribution in [2.24, 2.45) is 0 Å². The summed E-state index contributed by atoms with van der Waals surface area (Å²) in [7, 11) is -3.62. The van der Waals surface area contributed by atoms with Gasteiger partial charge in [0.25, 0.3) is 10.0 Å². The Balaban J connectivity index is 2.13. The van der Waals surface area contributed by atoms with Gasteiger partial charge < -0.3 is 5.11 Å². The normalized spacial score (nSPS) is 18.3. The van der Waals surface area contributed by atoms with Crippen LogP contribution < -0.4 is 4.31 Å². The fourth-order valence-corrected chi connectivity index (χ4v) is 5.65. The highest BCUT2D eigenvalue weighted by atomic mass is 32.2. The molecule has 106 valence electrons. The van der Waals surface area contributed by atoms with Crippen molar-refractivity contribution in [2.45, 2.75) is 30.9 Å². The van der Waals surface area contributed by atoms with E-state index in [-0.39, 0.29) is 17.5 Å². The van der Waals surface area contributed by atoms with Crippen LogP contribution in [0, 0.1) is 0 Å². The zero-order chi connectivity index (χ0) is 14.3. The molecule has 6 heteroatoms. The van der Waals surface area contributed by atoms with Crippen molar-refractivity contribution in [2.75, 3.05) is 4.31 Å². The first-order chi connectivity index (χ1) is 9.55. The number of benzene rings is 1. The van der Waals surface area contributed by atoms with Gasteiger partial charge in [-0.15, -0.1) is 11.3 Å². The summed E-state index contributed by atoms with van der Waals surface area (Å²) in [6, 6.07) is 9.03. The van der Waals surface area contributed by atoms with Gasteiger partial charge in [0.15, 0.2) is 0 Å². The molecular formula is C14H15NO3S2. The monoisotopic (exact) mass is 309 g/mol. The maximum atomic E-state index is 12.9. The van der Waals surface area contributed by atoms with Gasteiger partial charge in [-0.25, -0.2) is 8.42 Å². The summed E-state index contributed by atoms with van der Waals surface area (Å²) in [6.45, 7) is 1.65. The highest BCUT2D eigenvalue weighted by molar-refractivity contribution is 7.93. The zero-order valence-corrected chi connectivity index (χ0v) is 12.6. The molecule has 0 fully saturated rings. The topological polar surface area (TPSA) is 57.6 Å². The molecule has 0 saturated heterocycles. The Bertz CT molecular complexity index is 736. The van der Waals surface area contributed by atoms with E-state index >= 15 is 0 Å². The number of thiophene rings is 1. The third kappa shape index (κ3) is 1.95. The fourth-order valence-electron chi connectivity index (χ4n) is 2.68. The number of hydrogen-bond donors (Lipinski definition) is 1. The maximum absolute atomic E-state index is 12.9. The smallest absolute Gasteiger partial charge is 0.265 e. The van der Waals surface area contributed by atoms with Crippen LogP contribution >= 0.6 is 11.3 Å². The van der Waals surface area contributed by atoms with Gasteiger partial charge in [-0.1, -0.05) is 18.2 Å². The van der Waals surface area contributed by atoms with E-state index in [1.54, 1.807) is 11.4 Å². The Morgan fingerprint density at radius 1 is 1.35 bits per heavy atom. The van der Waals surface area contributed by atoms with Crippen molar-refractivity contribution in [1.82, 2.24) is 0 Å². The van der Waals surface area contributed by atoms with Crippen LogP contribution in [0.3, 0.4) is 0 Å². The summed E-state index contributed by atoms with van der Waals surface area (Å²) < 4.78 is 27.2. The number of rotatable bonds is 3. The van der Waals surface area contributed by atoms with Crippen LogP contribution in [0.4, 0.5) is 5.69 Å². The minimum Gasteiger partial charge on any atom is -0.391 e. The average molecular weight is 309 g/mol. The van der Waals surface area contributed by atoms with Gasteiger partial charge in [0, 0.05) is 6.04 Å². The van der Waals surface area contributed by atoms with Crippen molar-refractivity contribution >= 4 is 27.0 Å². The van der Waals surface area contributed by atoms with Crippen LogP contribution in [0.5, 0.6) is 0 Å². The summed E-state index contributed by atoms with van der Waals surface area (Å²) in [6.07, 6.45) is 0.716. The molecule has 1 aliphatic rings. The first kappa shape index (κ1) is 13.6. The second-order valence-corrected chi connectivity index (χ2v) is 7.63. The van der Waals surface area contributed by atoms with Crippen molar-refractivity contribution in [1.29, 1.82) is 0 Å². The number of para-hydroxylation sites is 1. The summed E-state index contributed by atoms with van der Waals surface area (Å²) in [5, 5.41) is 11.0. The van der Waals surface area contributed by atoms with Gasteiger partial charge in [0.05, 0.1) is 17.2 Å². The second kappa shape index (κ2) is 4.87. The van der Waals surface area contributed by atoms with E-state index in [0.29, 0.717) is 11.3 Å². The lowest BCUT2D eigenvalue weighted by molar-refractivity contribution is 0.282. The maximum Gasteiger partial charge on any atom is 0.265 e. The van der Waals surface area contributed by atoms with Gasteiger partial charge in [-0.05, 0) is 36.4 Å². The average Bonchev–Trinajstić information content (AvgIpc) is 3.01. The van der Waals surface area contributed by atoms with E-state index in [1.807, 2.05) is 31.2 Å². The molecule has 4 nitrogen and oxygen atoms in total. The molecular weight excluding hydrogens is 294 g/mol. The standard InChI is InChI=1S/C14H15NO3S2/c1-10-8-11-4-2-3-5-12(11)15(10)20(17,18)14-6-7-19-13(14)9-16/h2-7,10,16H,8-9H2,1H3. The molecule has 2 heterocycles. The Labute approximate surface area is 122 Å². The highest BCUT2D eigenvalue weighted by Crippen LogP contribution is 2.38. The Morgan fingerprint density at radius 3 is 2.85 bits per heavy atom. The lowest BCUT2D eigenvalue weighted by atomic mass is 10.1. The molecule has 0 spiro atoms. The molecule has 3 rings (SSSR count). The number of fused-ring (bicyclic) bond motifs is 1. The zero-order valence-electron chi connectivity index (χ0n) is 11.0. The molecule has 0 amide bonds. The van der Waals surface area contributed by atoms with E-state index in [2.05, 4.69) is 0 Å². The van der Waals surface area contributed by atoms with E-state index in [4.69, 9.17) is 0 Å². The van der Waals surface area contributed by atoms with Crippen LogP contribution in [0.2, 0.25) is 0 Å². The summed E-state index contributed by atoms with van der Waals surface area (Å²) in [4.78, 5) is 0.704. The third-order valence-corrected chi connectivity index (χ3v) is 6.58. The lowest BCUT2D eigenvalue weighted by Crippen LogP contribution is -2.35. The molecule has 1 unspecified atom stereocenters. The number of sulfonamides is 1. The van der Waals surface area contributed by atoms with Crippen LogP contribution in [-0.4, -0.2) is 19.6 Å². The molecule has 1 aromatic carbocycles. The van der Waals surface area contributed by atoms with E-state index in [9.17, 15) is 13.5 Å². The van der Waals surface area contributed by atoms with Crippen molar-refractivity contribution in [3.63, 3.8) is 0 Å². The number of aliphatic hydroxyl groups excluding tert-OH is 1. The lowest BCUT2D eigenvalue weighted by Gasteiger charge is -2.24. The molecule has 1 aromatic heterocycles. The number of anilines is 1. The third-order valence-electron chi connectivity index (χ3n) is 3.53. The number of hydrogen-bond acceptors (Lipinski definition) is 4. The van der Waals surface area contributed by atoms with Gasteiger partial charge in [-0.2, -0.15) is 0 Å². The first-order valence-corrected chi connectivity index (χ1v) is 8.67. The predicted octanol–water partition coefficient (Wildman–Crippen LogP) is 2.38. The Morgan fingerprint density at radius 2 is 2.10 bits per heavy atom. The minimum atomic E-state index is -3.62. The Hall–Kier alpha value is -1.37. The Kier molecular flexibility index (Phi) is 3.32. The van der Waals surface area contributed by atoms with E-state index in [1.165, 1.54) is 15.6 Å². The molecule has 0 radical (unpaired) electrons. The molecule has 0 bridgehead atoms. The summed E-state index contributed by atoms with van der Waals surface area (Å²) >= 11 is 1.26. The van der Waals surface area contributed by atoms with Crippen LogP contribution in [0.25, 0.3) is 0 Å². The van der Waals surface area contributed by atoms with Crippen LogP contribution in [-0.2, 0) is 23.1 Å². The predicted molar refractivity (Wildman–Crippen MR) is 79.5 cm³/mol. The largest absolute Gasteiger partial charge is 0.391 e. The van der Waals surface area contributed by atoms with Crippen molar-refractivity contribution < 1.29 is 13.5 Å². The molecule has 20 heavy (non-hydrogen) atoms. The van der Waals surface area contributed by atoms with Gasteiger partial charge >= 0.3 is 0 Å². The second-order valence-electron chi connectivity index (χ2n) is 4.85. The number of aliphatic hydroxyl groups is 1. The van der Waals surface area contributed by atoms with E-state index in [0.717, 1.165) is 11.3 Å². The summed E-state index contributed by atoms with van der Waals surface area (Å²) in [5.41, 5.74) is 1.79. The van der Waals surface area contributed by atoms with Gasteiger partial charge in [0.1, 0.15) is 4.90 Å². The fraction of sp³-hybridized carbons (Fsp3) is 0.286. The SMILES string of the molecule is CC1Cc2ccccc2N1S(=O)(=O)c1ccsc1CO. The summed E-state index contributed by atoms with van der Waals surface area (Å²) in [5.74, 6) is 0. The molecule has 2 aromatic rings. The molecule has 1 N–H and O–H groups in total. The molecule has 0 aliphatic carbocycles. The molecule has 1 aliphatic heterocycles. The molecule has 1 atom stereocenters. The first-order valence-electron chi connectivity index (χ1n) is 6.35. The highest BCUT2D eigenvalue weighted by Gasteiger charge is 2.37. The minimum absolute atomic E-state index is 0.108. The molecule has 0 saturated carbocycles.